The summed E-state index contributed by atoms with van der Waals surface area (Å²) in [5, 5.41) is 12.9. The van der Waals surface area contributed by atoms with Gasteiger partial charge in [0.2, 0.25) is 5.91 Å². The number of piperidine rings is 1. The molecule has 19 heavy (non-hydrogen) atoms. The Bertz CT molecular complexity index is 400. The summed E-state index contributed by atoms with van der Waals surface area (Å²) < 4.78 is 0. The molecular formula is C15H22N2O2. The third-order valence-electron chi connectivity index (χ3n) is 3.82. The zero-order chi connectivity index (χ0) is 13.7. The normalized spacial score (nSPS) is 19.1. The molecule has 0 aliphatic carbocycles. The van der Waals surface area contributed by atoms with Gasteiger partial charge in [0.1, 0.15) is 0 Å². The first-order valence-electron chi connectivity index (χ1n) is 6.87. The molecule has 1 heterocycles. The van der Waals surface area contributed by atoms with Crippen molar-refractivity contribution in [3.63, 3.8) is 0 Å². The van der Waals surface area contributed by atoms with E-state index in [2.05, 4.69) is 10.2 Å². The second-order valence-electron chi connectivity index (χ2n) is 5.12. The Kier molecular flexibility index (Phi) is 4.93. The maximum Gasteiger partial charge on any atom is 0.222 e. The molecule has 0 bridgehead atoms. The van der Waals surface area contributed by atoms with Crippen molar-refractivity contribution in [3.05, 3.63) is 35.9 Å². The van der Waals surface area contributed by atoms with Crippen molar-refractivity contribution in [1.82, 2.24) is 10.2 Å². The molecule has 2 rings (SSSR count). The van der Waals surface area contributed by atoms with Crippen LogP contribution in [-0.4, -0.2) is 42.6 Å². The largest absolute Gasteiger partial charge is 0.387 e. The van der Waals surface area contributed by atoms with Crippen LogP contribution in [0.3, 0.4) is 0 Å². The van der Waals surface area contributed by atoms with Gasteiger partial charge in [-0.05, 0) is 31.5 Å². The van der Waals surface area contributed by atoms with Crippen LogP contribution in [0.2, 0.25) is 0 Å². The first-order valence-corrected chi connectivity index (χ1v) is 6.87. The van der Waals surface area contributed by atoms with E-state index in [1.165, 1.54) is 0 Å². The van der Waals surface area contributed by atoms with Crippen LogP contribution in [0.5, 0.6) is 0 Å². The number of benzene rings is 1. The summed E-state index contributed by atoms with van der Waals surface area (Å²) in [7, 11) is 1.69. The second kappa shape index (κ2) is 6.68. The number of aliphatic hydroxyl groups excluding tert-OH is 1. The maximum absolute atomic E-state index is 11.5. The lowest BCUT2D eigenvalue weighted by atomic mass is 9.95. The van der Waals surface area contributed by atoms with Gasteiger partial charge >= 0.3 is 0 Å². The summed E-state index contributed by atoms with van der Waals surface area (Å²) in [5.74, 6) is 0.276. The van der Waals surface area contributed by atoms with Crippen molar-refractivity contribution in [1.29, 1.82) is 0 Å². The summed E-state index contributed by atoms with van der Waals surface area (Å²) >= 11 is 0. The standard InChI is InChI=1S/C15H22N2O2/c1-16-15(19)13-7-9-17(10-8-13)11-14(18)12-5-3-2-4-6-12/h2-6,13-14,18H,7-11H2,1H3,(H,16,19). The molecule has 1 fully saturated rings. The van der Waals surface area contributed by atoms with Crippen molar-refractivity contribution >= 4 is 5.91 Å². The first kappa shape index (κ1) is 14.0. The van der Waals surface area contributed by atoms with E-state index in [4.69, 9.17) is 0 Å². The van der Waals surface area contributed by atoms with Gasteiger partial charge in [-0.15, -0.1) is 0 Å². The highest BCUT2D eigenvalue weighted by Gasteiger charge is 2.25. The van der Waals surface area contributed by atoms with Crippen LogP contribution < -0.4 is 5.32 Å². The van der Waals surface area contributed by atoms with Crippen molar-refractivity contribution in [3.8, 4) is 0 Å². The lowest BCUT2D eigenvalue weighted by molar-refractivity contribution is -0.126. The zero-order valence-corrected chi connectivity index (χ0v) is 11.4. The number of hydrogen-bond donors (Lipinski definition) is 2. The Balaban J connectivity index is 1.81. The monoisotopic (exact) mass is 262 g/mol. The van der Waals surface area contributed by atoms with Gasteiger partial charge in [0.05, 0.1) is 6.10 Å². The Morgan fingerprint density at radius 1 is 1.37 bits per heavy atom. The molecule has 1 atom stereocenters. The van der Waals surface area contributed by atoms with E-state index in [9.17, 15) is 9.90 Å². The SMILES string of the molecule is CNC(=O)C1CCN(CC(O)c2ccccc2)CC1. The molecule has 4 nitrogen and oxygen atoms in total. The smallest absolute Gasteiger partial charge is 0.222 e. The minimum Gasteiger partial charge on any atom is -0.387 e. The number of likely N-dealkylation sites (tertiary alicyclic amines) is 1. The highest BCUT2D eigenvalue weighted by Crippen LogP contribution is 2.20. The van der Waals surface area contributed by atoms with E-state index in [0.717, 1.165) is 31.5 Å². The fourth-order valence-electron chi connectivity index (χ4n) is 2.61. The van der Waals surface area contributed by atoms with Crippen LogP contribution in [-0.2, 0) is 4.79 Å². The van der Waals surface area contributed by atoms with E-state index in [0.29, 0.717) is 6.54 Å². The summed E-state index contributed by atoms with van der Waals surface area (Å²) in [6, 6.07) is 9.72. The lowest BCUT2D eigenvalue weighted by Crippen LogP contribution is -2.41. The predicted molar refractivity (Wildman–Crippen MR) is 74.6 cm³/mol. The Morgan fingerprint density at radius 3 is 2.58 bits per heavy atom. The van der Waals surface area contributed by atoms with E-state index < -0.39 is 6.10 Å². The van der Waals surface area contributed by atoms with E-state index in [1.54, 1.807) is 7.05 Å². The second-order valence-corrected chi connectivity index (χ2v) is 5.12. The number of aliphatic hydroxyl groups is 1. The highest BCUT2D eigenvalue weighted by molar-refractivity contribution is 5.78. The quantitative estimate of drug-likeness (QED) is 0.856. The van der Waals surface area contributed by atoms with Gasteiger partial charge in [-0.2, -0.15) is 0 Å². The number of carbonyl (C=O) groups excluding carboxylic acids is 1. The molecule has 0 aromatic heterocycles. The summed E-state index contributed by atoms with van der Waals surface area (Å²) in [5.41, 5.74) is 0.955. The van der Waals surface area contributed by atoms with Gasteiger partial charge in [0.25, 0.3) is 0 Å². The molecule has 1 aliphatic heterocycles. The topological polar surface area (TPSA) is 52.6 Å². The Morgan fingerprint density at radius 2 is 2.00 bits per heavy atom. The van der Waals surface area contributed by atoms with Gasteiger partial charge in [0, 0.05) is 19.5 Å². The molecule has 1 amide bonds. The average molecular weight is 262 g/mol. The third-order valence-corrected chi connectivity index (χ3v) is 3.82. The molecule has 1 aliphatic rings. The predicted octanol–water partition coefficient (Wildman–Crippen LogP) is 1.18. The minimum atomic E-state index is -0.447. The number of carbonyl (C=O) groups is 1. The fourth-order valence-corrected chi connectivity index (χ4v) is 2.61. The van der Waals surface area contributed by atoms with Crippen LogP contribution in [0.4, 0.5) is 0 Å². The van der Waals surface area contributed by atoms with E-state index in [1.807, 2.05) is 30.3 Å². The lowest BCUT2D eigenvalue weighted by Gasteiger charge is -2.32. The third kappa shape index (κ3) is 3.78. The number of nitrogens with one attached hydrogen (secondary N) is 1. The van der Waals surface area contributed by atoms with Gasteiger partial charge < -0.3 is 15.3 Å². The summed E-state index contributed by atoms with van der Waals surface area (Å²) in [4.78, 5) is 13.8. The summed E-state index contributed by atoms with van der Waals surface area (Å²) in [6.07, 6.45) is 1.31. The molecule has 104 valence electrons. The number of amides is 1. The fraction of sp³-hybridized carbons (Fsp3) is 0.533. The molecule has 1 unspecified atom stereocenters. The average Bonchev–Trinajstić information content (AvgIpc) is 2.48. The van der Waals surface area contributed by atoms with Gasteiger partial charge in [-0.25, -0.2) is 0 Å². The maximum atomic E-state index is 11.5. The van der Waals surface area contributed by atoms with Crippen LogP contribution in [0.25, 0.3) is 0 Å². The van der Waals surface area contributed by atoms with Gasteiger partial charge in [-0.1, -0.05) is 30.3 Å². The van der Waals surface area contributed by atoms with Crippen molar-refractivity contribution < 1.29 is 9.90 Å². The van der Waals surface area contributed by atoms with Crippen molar-refractivity contribution in [2.75, 3.05) is 26.7 Å². The van der Waals surface area contributed by atoms with Crippen LogP contribution in [0, 0.1) is 5.92 Å². The Hall–Kier alpha value is -1.39. The van der Waals surface area contributed by atoms with E-state index in [-0.39, 0.29) is 11.8 Å². The number of β-amino-alcohol motifs (C(OH)–C–C–N with tert-alkyl or cyclic N) is 1. The molecule has 1 saturated heterocycles. The molecule has 0 saturated carbocycles. The molecule has 0 radical (unpaired) electrons. The van der Waals surface area contributed by atoms with E-state index >= 15 is 0 Å². The van der Waals surface area contributed by atoms with Gasteiger partial charge in [-0.3, -0.25) is 4.79 Å². The summed E-state index contributed by atoms with van der Waals surface area (Å²) in [6.45, 7) is 2.40. The van der Waals surface area contributed by atoms with Crippen molar-refractivity contribution in [2.45, 2.75) is 18.9 Å². The molecule has 1 aromatic carbocycles. The molecule has 2 N–H and O–H groups in total. The molecule has 1 aromatic rings. The van der Waals surface area contributed by atoms with Gasteiger partial charge in [0.15, 0.2) is 0 Å². The first-order chi connectivity index (χ1) is 9.20. The van der Waals surface area contributed by atoms with Crippen LogP contribution in [0.1, 0.15) is 24.5 Å². The number of hydrogen-bond acceptors (Lipinski definition) is 3. The Labute approximate surface area is 114 Å². The highest BCUT2D eigenvalue weighted by atomic mass is 16.3. The zero-order valence-electron chi connectivity index (χ0n) is 11.4. The van der Waals surface area contributed by atoms with Crippen LogP contribution in [0.15, 0.2) is 30.3 Å². The molecule has 4 heteroatoms. The number of rotatable bonds is 4. The van der Waals surface area contributed by atoms with Crippen molar-refractivity contribution in [2.24, 2.45) is 5.92 Å². The van der Waals surface area contributed by atoms with Crippen LogP contribution >= 0.6 is 0 Å². The molecular weight excluding hydrogens is 240 g/mol. The molecule has 0 spiro atoms. The minimum absolute atomic E-state index is 0.134. The number of nitrogens with zero attached hydrogens (tertiary/aromatic N) is 1.